The highest BCUT2D eigenvalue weighted by molar-refractivity contribution is 4.70. The second-order valence-corrected chi connectivity index (χ2v) is 7.11. The molecule has 0 radical (unpaired) electrons. The molecule has 0 bridgehead atoms. The summed E-state index contributed by atoms with van der Waals surface area (Å²) >= 11 is 0. The average molecular weight is 285 g/mol. The minimum Gasteiger partial charge on any atom is -0.315 e. The molecule has 0 rings (SSSR count). The van der Waals surface area contributed by atoms with Crippen LogP contribution in [0.4, 0.5) is 0 Å². The monoisotopic (exact) mass is 284 g/mol. The highest BCUT2D eigenvalue weighted by Gasteiger charge is 2.06. The highest BCUT2D eigenvalue weighted by Crippen LogP contribution is 2.10. The van der Waals surface area contributed by atoms with Gasteiger partial charge in [0, 0.05) is 18.6 Å². The van der Waals surface area contributed by atoms with E-state index in [1.807, 2.05) is 0 Å². The molecule has 0 spiro atoms. The molecule has 0 unspecified atom stereocenters. The molecule has 2 N–H and O–H groups in total. The molecule has 0 atom stereocenters. The lowest BCUT2D eigenvalue weighted by atomic mass is 10.1. The third kappa shape index (κ3) is 17.9. The second-order valence-electron chi connectivity index (χ2n) is 7.11. The topological polar surface area (TPSA) is 24.1 Å². The zero-order valence-corrected chi connectivity index (χ0v) is 14.7. The Morgan fingerprint density at radius 3 is 1.60 bits per heavy atom. The van der Waals surface area contributed by atoms with E-state index < -0.39 is 0 Å². The molecule has 0 amide bonds. The first kappa shape index (κ1) is 19.9. The van der Waals surface area contributed by atoms with Gasteiger partial charge in [-0.15, -0.1) is 0 Å². The van der Waals surface area contributed by atoms with Crippen molar-refractivity contribution in [2.24, 2.45) is 0 Å². The molecule has 0 aromatic heterocycles. The maximum absolute atomic E-state index is 3.52. The van der Waals surface area contributed by atoms with Gasteiger partial charge >= 0.3 is 0 Å². The van der Waals surface area contributed by atoms with Gasteiger partial charge in [0.15, 0.2) is 0 Å². The summed E-state index contributed by atoms with van der Waals surface area (Å²) in [6.07, 6.45) is 14.2. The predicted octanol–water partition coefficient (Wildman–Crippen LogP) is 4.89. The molecule has 0 saturated carbocycles. The first-order valence-electron chi connectivity index (χ1n) is 9.02. The summed E-state index contributed by atoms with van der Waals surface area (Å²) < 4.78 is 0. The molecule has 0 aromatic carbocycles. The lowest BCUT2D eigenvalue weighted by Crippen LogP contribution is -2.40. The van der Waals surface area contributed by atoms with Crippen LogP contribution in [0.1, 0.15) is 91.9 Å². The summed E-state index contributed by atoms with van der Waals surface area (Å²) in [7, 11) is 0. The summed E-state index contributed by atoms with van der Waals surface area (Å²) in [6.45, 7) is 12.3. The molecule has 122 valence electrons. The van der Waals surface area contributed by atoms with Gasteiger partial charge in [-0.25, -0.2) is 0 Å². The van der Waals surface area contributed by atoms with Crippen molar-refractivity contribution in [2.45, 2.75) is 97.4 Å². The number of hydrogen-bond donors (Lipinski definition) is 2. The van der Waals surface area contributed by atoms with Crippen molar-refractivity contribution in [3.63, 3.8) is 0 Å². The van der Waals surface area contributed by atoms with E-state index in [1.54, 1.807) is 0 Å². The van der Waals surface area contributed by atoms with Crippen LogP contribution < -0.4 is 10.6 Å². The molecule has 0 aromatic rings. The van der Waals surface area contributed by atoms with E-state index >= 15 is 0 Å². The van der Waals surface area contributed by atoms with Crippen LogP contribution in [0, 0.1) is 0 Å². The van der Waals surface area contributed by atoms with Crippen LogP contribution in [-0.2, 0) is 0 Å². The van der Waals surface area contributed by atoms with Gasteiger partial charge in [0.2, 0.25) is 0 Å². The molecule has 20 heavy (non-hydrogen) atoms. The third-order valence-electron chi connectivity index (χ3n) is 3.66. The van der Waals surface area contributed by atoms with E-state index in [0.29, 0.717) is 0 Å². The second kappa shape index (κ2) is 13.9. The maximum Gasteiger partial charge on any atom is 0.00970 e. The summed E-state index contributed by atoms with van der Waals surface area (Å²) in [5, 5.41) is 7.02. The summed E-state index contributed by atoms with van der Waals surface area (Å²) in [5.41, 5.74) is 0.249. The van der Waals surface area contributed by atoms with E-state index in [2.05, 4.69) is 38.3 Å². The Bertz CT molecular complexity index is 184. The Labute approximate surface area is 128 Å². The summed E-state index contributed by atoms with van der Waals surface area (Å²) in [4.78, 5) is 0. The maximum atomic E-state index is 3.52. The first-order valence-corrected chi connectivity index (χ1v) is 9.02. The van der Waals surface area contributed by atoms with Crippen molar-refractivity contribution in [1.82, 2.24) is 10.6 Å². The zero-order valence-electron chi connectivity index (χ0n) is 14.7. The molecule has 2 heteroatoms. The van der Waals surface area contributed by atoms with Gasteiger partial charge in [0.25, 0.3) is 0 Å². The van der Waals surface area contributed by atoms with Gasteiger partial charge in [0.05, 0.1) is 0 Å². The lowest BCUT2D eigenvalue weighted by molar-refractivity contribution is 0.420. The number of rotatable bonds is 14. The van der Waals surface area contributed by atoms with Crippen LogP contribution in [0.15, 0.2) is 0 Å². The van der Waals surface area contributed by atoms with E-state index in [0.717, 1.165) is 13.1 Å². The minimum absolute atomic E-state index is 0.249. The lowest BCUT2D eigenvalue weighted by Gasteiger charge is -2.20. The van der Waals surface area contributed by atoms with Crippen LogP contribution in [0.25, 0.3) is 0 Å². The Morgan fingerprint density at radius 2 is 1.10 bits per heavy atom. The molecule has 0 heterocycles. The molecule has 0 fully saturated rings. The fraction of sp³-hybridized carbons (Fsp3) is 1.00. The predicted molar refractivity (Wildman–Crippen MR) is 92.5 cm³/mol. The Hall–Kier alpha value is -0.0800. The number of hydrogen-bond acceptors (Lipinski definition) is 2. The van der Waals surface area contributed by atoms with E-state index in [1.165, 1.54) is 70.8 Å². The van der Waals surface area contributed by atoms with Gasteiger partial charge in [-0.2, -0.15) is 0 Å². The Balaban J connectivity index is 2.99. The smallest absolute Gasteiger partial charge is 0.00970 e. The Morgan fingerprint density at radius 1 is 0.600 bits per heavy atom. The number of nitrogens with one attached hydrogen (secondary N) is 2. The van der Waals surface area contributed by atoms with E-state index in [-0.39, 0.29) is 5.54 Å². The van der Waals surface area contributed by atoms with Crippen LogP contribution >= 0.6 is 0 Å². The van der Waals surface area contributed by atoms with E-state index in [9.17, 15) is 0 Å². The van der Waals surface area contributed by atoms with Crippen molar-refractivity contribution in [3.05, 3.63) is 0 Å². The molecular formula is C18H40N2. The van der Waals surface area contributed by atoms with Crippen LogP contribution in [0.3, 0.4) is 0 Å². The summed E-state index contributed by atoms with van der Waals surface area (Å²) in [6, 6.07) is 0. The third-order valence-corrected chi connectivity index (χ3v) is 3.66. The van der Waals surface area contributed by atoms with Crippen LogP contribution in [0.5, 0.6) is 0 Å². The van der Waals surface area contributed by atoms with Crippen molar-refractivity contribution in [2.75, 3.05) is 19.6 Å². The largest absolute Gasteiger partial charge is 0.315 e. The molecule has 0 saturated heterocycles. The van der Waals surface area contributed by atoms with Gasteiger partial charge in [-0.1, -0.05) is 64.7 Å². The fourth-order valence-corrected chi connectivity index (χ4v) is 2.39. The standard InChI is InChI=1S/C18H40N2/c1-5-6-7-8-9-10-11-12-13-14-15-19-16-17-20-18(2,3)4/h19-20H,5-17H2,1-4H3. The average Bonchev–Trinajstić information content (AvgIpc) is 2.38. The van der Waals surface area contributed by atoms with Gasteiger partial charge < -0.3 is 10.6 Å². The van der Waals surface area contributed by atoms with Gasteiger partial charge in [0.1, 0.15) is 0 Å². The first-order chi connectivity index (χ1) is 9.56. The molecule has 0 aliphatic carbocycles. The Kier molecular flexibility index (Phi) is 13.8. The highest BCUT2D eigenvalue weighted by atomic mass is 15.0. The molecule has 0 aliphatic rings. The fourth-order valence-electron chi connectivity index (χ4n) is 2.39. The van der Waals surface area contributed by atoms with Gasteiger partial charge in [-0.3, -0.25) is 0 Å². The SMILES string of the molecule is CCCCCCCCCCCCNCCNC(C)(C)C. The number of unbranched alkanes of at least 4 members (excludes halogenated alkanes) is 9. The minimum atomic E-state index is 0.249. The van der Waals surface area contributed by atoms with Crippen LogP contribution in [0.2, 0.25) is 0 Å². The van der Waals surface area contributed by atoms with Crippen molar-refractivity contribution < 1.29 is 0 Å². The van der Waals surface area contributed by atoms with Crippen molar-refractivity contribution >= 4 is 0 Å². The van der Waals surface area contributed by atoms with Gasteiger partial charge in [-0.05, 0) is 33.7 Å². The van der Waals surface area contributed by atoms with E-state index in [4.69, 9.17) is 0 Å². The van der Waals surface area contributed by atoms with Crippen molar-refractivity contribution in [3.8, 4) is 0 Å². The molecular weight excluding hydrogens is 244 g/mol. The quantitative estimate of drug-likeness (QED) is 0.444. The zero-order chi connectivity index (χ0) is 15.1. The molecule has 0 aliphatic heterocycles. The molecule has 2 nitrogen and oxygen atoms in total. The van der Waals surface area contributed by atoms with Crippen molar-refractivity contribution in [1.29, 1.82) is 0 Å². The van der Waals surface area contributed by atoms with Crippen LogP contribution in [-0.4, -0.2) is 25.2 Å². The normalized spacial score (nSPS) is 12.0. The summed E-state index contributed by atoms with van der Waals surface area (Å²) in [5.74, 6) is 0.